The van der Waals surface area contributed by atoms with Crippen LogP contribution in [0, 0.1) is 28.4 Å². The zero-order valence-electron chi connectivity index (χ0n) is 13.0. The SMILES string of the molecule is Cc1c([N+](=O)[O-])c(OCCCO)nn1C12CC(C(=O)O)(C1)C2C. The number of hydrogen-bond donors (Lipinski definition) is 2. The molecule has 1 unspecified atom stereocenters. The molecule has 0 amide bonds. The van der Waals surface area contributed by atoms with Crippen LogP contribution in [0.25, 0.3) is 0 Å². The van der Waals surface area contributed by atoms with Gasteiger partial charge in [0.15, 0.2) is 0 Å². The lowest BCUT2D eigenvalue weighted by Crippen LogP contribution is -2.77. The summed E-state index contributed by atoms with van der Waals surface area (Å²) in [5.74, 6) is -1.01. The molecule has 23 heavy (non-hydrogen) atoms. The maximum Gasteiger partial charge on any atom is 0.352 e. The second-order valence-electron chi connectivity index (χ2n) is 6.47. The van der Waals surface area contributed by atoms with E-state index in [1.807, 2.05) is 6.92 Å². The summed E-state index contributed by atoms with van der Waals surface area (Å²) < 4.78 is 6.92. The van der Waals surface area contributed by atoms with Crippen molar-refractivity contribution >= 4 is 11.7 Å². The molecule has 0 spiro atoms. The van der Waals surface area contributed by atoms with Crippen molar-refractivity contribution in [3.8, 4) is 5.88 Å². The Bertz CT molecular complexity index is 676. The highest BCUT2D eigenvalue weighted by atomic mass is 16.6. The molecule has 3 aliphatic carbocycles. The molecular weight excluding hydrogens is 306 g/mol. The standard InChI is InChI=1S/C14H19N3O6/c1-8-10(17(21)22)11(23-5-3-4-18)15-16(8)14-6-13(7-14,9(14)2)12(19)20/h9,18H,3-7H2,1-2H3,(H,19,20). The Hall–Kier alpha value is -2.16. The third-order valence-electron chi connectivity index (χ3n) is 5.50. The van der Waals surface area contributed by atoms with E-state index < -0.39 is 21.8 Å². The van der Waals surface area contributed by atoms with E-state index in [2.05, 4.69) is 5.10 Å². The highest BCUT2D eigenvalue weighted by Crippen LogP contribution is 2.75. The minimum Gasteiger partial charge on any atom is -0.481 e. The van der Waals surface area contributed by atoms with Crippen molar-refractivity contribution < 1.29 is 24.7 Å². The normalized spacial score (nSPS) is 31.2. The molecule has 126 valence electrons. The van der Waals surface area contributed by atoms with Gasteiger partial charge in [0.05, 0.1) is 22.5 Å². The monoisotopic (exact) mass is 325 g/mol. The Kier molecular flexibility index (Phi) is 3.36. The molecule has 0 radical (unpaired) electrons. The van der Waals surface area contributed by atoms with Gasteiger partial charge in [0.25, 0.3) is 0 Å². The molecule has 1 heterocycles. The fraction of sp³-hybridized carbons (Fsp3) is 0.714. The van der Waals surface area contributed by atoms with Crippen LogP contribution in [0.15, 0.2) is 0 Å². The topological polar surface area (TPSA) is 128 Å². The van der Waals surface area contributed by atoms with Crippen LogP contribution in [-0.2, 0) is 10.3 Å². The maximum absolute atomic E-state index is 11.4. The molecule has 3 fully saturated rings. The molecule has 3 aliphatic rings. The van der Waals surface area contributed by atoms with E-state index in [0.29, 0.717) is 25.0 Å². The van der Waals surface area contributed by atoms with Crippen LogP contribution >= 0.6 is 0 Å². The number of carbonyl (C=O) groups is 1. The number of rotatable bonds is 7. The first kappa shape index (κ1) is 15.7. The van der Waals surface area contributed by atoms with Gasteiger partial charge in [-0.1, -0.05) is 6.92 Å². The number of aromatic nitrogens is 2. The summed E-state index contributed by atoms with van der Waals surface area (Å²) >= 11 is 0. The highest BCUT2D eigenvalue weighted by molar-refractivity contribution is 5.80. The summed E-state index contributed by atoms with van der Waals surface area (Å²) in [5.41, 5.74) is -1.000. The van der Waals surface area contributed by atoms with Crippen LogP contribution in [0.4, 0.5) is 5.69 Å². The molecule has 1 aromatic heterocycles. The van der Waals surface area contributed by atoms with Crippen LogP contribution in [0.5, 0.6) is 5.88 Å². The summed E-state index contributed by atoms with van der Waals surface area (Å²) in [4.78, 5) is 22.2. The molecule has 0 saturated heterocycles. The molecule has 9 nitrogen and oxygen atoms in total. The Morgan fingerprint density at radius 2 is 2.22 bits per heavy atom. The molecular formula is C14H19N3O6. The van der Waals surface area contributed by atoms with Gasteiger partial charge in [0.1, 0.15) is 5.69 Å². The second-order valence-corrected chi connectivity index (χ2v) is 6.47. The van der Waals surface area contributed by atoms with Gasteiger partial charge in [0.2, 0.25) is 0 Å². The summed E-state index contributed by atoms with van der Waals surface area (Å²) in [5, 5.41) is 33.7. The van der Waals surface area contributed by atoms with Gasteiger partial charge in [-0.25, -0.2) is 0 Å². The fourth-order valence-corrected chi connectivity index (χ4v) is 4.02. The van der Waals surface area contributed by atoms with Crippen molar-refractivity contribution in [3.05, 3.63) is 15.8 Å². The van der Waals surface area contributed by atoms with E-state index in [9.17, 15) is 20.0 Å². The first-order valence-corrected chi connectivity index (χ1v) is 7.52. The number of nitrogens with zero attached hydrogens (tertiary/aromatic N) is 3. The second kappa shape index (κ2) is 4.92. The van der Waals surface area contributed by atoms with E-state index in [0.717, 1.165) is 0 Å². The number of aliphatic carboxylic acids is 1. The summed E-state index contributed by atoms with van der Waals surface area (Å²) in [7, 11) is 0. The van der Waals surface area contributed by atoms with Crippen LogP contribution in [0.1, 0.15) is 31.9 Å². The lowest BCUT2D eigenvalue weighted by molar-refractivity contribution is -0.386. The van der Waals surface area contributed by atoms with E-state index >= 15 is 0 Å². The van der Waals surface area contributed by atoms with E-state index in [-0.39, 0.29) is 30.7 Å². The van der Waals surface area contributed by atoms with Crippen molar-refractivity contribution in [2.24, 2.45) is 11.3 Å². The highest BCUT2D eigenvalue weighted by Gasteiger charge is 2.79. The molecule has 2 N–H and O–H groups in total. The van der Waals surface area contributed by atoms with Crippen molar-refractivity contribution in [2.45, 2.75) is 38.6 Å². The Balaban J connectivity index is 1.92. The van der Waals surface area contributed by atoms with E-state index in [4.69, 9.17) is 9.84 Å². The number of ether oxygens (including phenoxy) is 1. The molecule has 0 aromatic carbocycles. The quantitative estimate of drug-likeness (QED) is 0.436. The number of aliphatic hydroxyl groups is 1. The van der Waals surface area contributed by atoms with Crippen molar-refractivity contribution in [1.29, 1.82) is 0 Å². The van der Waals surface area contributed by atoms with Gasteiger partial charge in [-0.3, -0.25) is 19.6 Å². The summed E-state index contributed by atoms with van der Waals surface area (Å²) in [6, 6.07) is 0. The van der Waals surface area contributed by atoms with Gasteiger partial charge < -0.3 is 14.9 Å². The maximum atomic E-state index is 11.4. The van der Waals surface area contributed by atoms with Gasteiger partial charge in [-0.05, 0) is 25.7 Å². The Morgan fingerprint density at radius 3 is 2.70 bits per heavy atom. The smallest absolute Gasteiger partial charge is 0.352 e. The minimum absolute atomic E-state index is 0.0674. The van der Waals surface area contributed by atoms with Crippen molar-refractivity contribution in [1.82, 2.24) is 9.78 Å². The molecule has 0 aliphatic heterocycles. The van der Waals surface area contributed by atoms with E-state index in [1.165, 1.54) is 0 Å². The largest absolute Gasteiger partial charge is 0.481 e. The first-order valence-electron chi connectivity index (χ1n) is 7.52. The summed E-state index contributed by atoms with van der Waals surface area (Å²) in [6.45, 7) is 3.51. The van der Waals surface area contributed by atoms with Crippen LogP contribution in [0.3, 0.4) is 0 Å². The minimum atomic E-state index is -0.814. The predicted molar refractivity (Wildman–Crippen MR) is 77.3 cm³/mol. The van der Waals surface area contributed by atoms with Crippen molar-refractivity contribution in [2.75, 3.05) is 13.2 Å². The predicted octanol–water partition coefficient (Wildman–Crippen LogP) is 1.07. The molecule has 1 aromatic rings. The molecule has 2 bridgehead atoms. The zero-order chi connectivity index (χ0) is 17.0. The van der Waals surface area contributed by atoms with Gasteiger partial charge in [0, 0.05) is 13.0 Å². The van der Waals surface area contributed by atoms with Crippen LogP contribution in [0.2, 0.25) is 0 Å². The average Bonchev–Trinajstić information content (AvgIpc) is 2.74. The van der Waals surface area contributed by atoms with Gasteiger partial charge in [-0.2, -0.15) is 0 Å². The number of nitro groups is 1. The molecule has 1 atom stereocenters. The molecule has 9 heteroatoms. The fourth-order valence-electron chi connectivity index (χ4n) is 4.02. The summed E-state index contributed by atoms with van der Waals surface area (Å²) in [6.07, 6.45) is 1.23. The molecule has 4 rings (SSSR count). The van der Waals surface area contributed by atoms with Gasteiger partial charge in [-0.15, -0.1) is 5.10 Å². The van der Waals surface area contributed by atoms with Crippen molar-refractivity contribution in [3.63, 3.8) is 0 Å². The Labute approximate surface area is 132 Å². The first-order chi connectivity index (χ1) is 10.8. The lowest BCUT2D eigenvalue weighted by atomic mass is 9.33. The zero-order valence-corrected chi connectivity index (χ0v) is 13.0. The van der Waals surface area contributed by atoms with Gasteiger partial charge >= 0.3 is 17.5 Å². The average molecular weight is 325 g/mol. The number of aliphatic hydroxyl groups excluding tert-OH is 1. The van der Waals surface area contributed by atoms with E-state index in [1.54, 1.807) is 11.6 Å². The molecule has 3 saturated carbocycles. The third-order valence-corrected chi connectivity index (χ3v) is 5.50. The van der Waals surface area contributed by atoms with Crippen LogP contribution in [-0.4, -0.2) is 44.1 Å². The number of carboxylic acids is 1. The Morgan fingerprint density at radius 1 is 1.57 bits per heavy atom. The lowest BCUT2D eigenvalue weighted by Gasteiger charge is -2.72. The third kappa shape index (κ3) is 1.82. The number of hydrogen-bond acceptors (Lipinski definition) is 6. The van der Waals surface area contributed by atoms with Crippen LogP contribution < -0.4 is 4.74 Å². The number of carboxylic acid groups (broad SMARTS) is 1.